The Bertz CT molecular complexity index is 694. The molecular formula is C16H12ClNO2. The van der Waals surface area contributed by atoms with Gasteiger partial charge < -0.3 is 4.84 Å². The molecule has 0 heterocycles. The SMILES string of the molecule is O=C(ONC1=Cc2ccccc2C1)c1cccc(Cl)c1. The van der Waals surface area contributed by atoms with Gasteiger partial charge in [0.1, 0.15) is 0 Å². The molecular weight excluding hydrogens is 274 g/mol. The summed E-state index contributed by atoms with van der Waals surface area (Å²) in [6.45, 7) is 0. The Hall–Kier alpha value is -2.26. The molecule has 3 nitrogen and oxygen atoms in total. The molecule has 3 rings (SSSR count). The molecule has 4 heteroatoms. The average Bonchev–Trinajstić information content (AvgIpc) is 2.87. The standard InChI is InChI=1S/C16H12ClNO2/c17-14-7-3-6-13(8-14)16(19)20-18-15-9-11-4-1-2-5-12(11)10-15/h1-9,18H,10H2. The van der Waals surface area contributed by atoms with Gasteiger partial charge in [-0.25, -0.2) is 10.3 Å². The van der Waals surface area contributed by atoms with Crippen molar-refractivity contribution in [2.24, 2.45) is 0 Å². The lowest BCUT2D eigenvalue weighted by Gasteiger charge is -2.07. The molecule has 0 fully saturated rings. The Morgan fingerprint density at radius 3 is 2.80 bits per heavy atom. The Morgan fingerprint density at radius 2 is 2.00 bits per heavy atom. The van der Waals surface area contributed by atoms with Crippen molar-refractivity contribution in [1.29, 1.82) is 0 Å². The molecule has 0 atom stereocenters. The van der Waals surface area contributed by atoms with Crippen LogP contribution in [-0.4, -0.2) is 5.97 Å². The maximum Gasteiger partial charge on any atom is 0.362 e. The number of allylic oxidation sites excluding steroid dienone is 1. The van der Waals surface area contributed by atoms with Crippen molar-refractivity contribution in [3.05, 3.63) is 75.9 Å². The maximum absolute atomic E-state index is 11.9. The highest BCUT2D eigenvalue weighted by Crippen LogP contribution is 2.23. The Morgan fingerprint density at radius 1 is 1.15 bits per heavy atom. The van der Waals surface area contributed by atoms with Gasteiger partial charge in [-0.15, -0.1) is 0 Å². The molecule has 0 amide bonds. The third kappa shape index (κ3) is 2.68. The largest absolute Gasteiger partial charge is 0.362 e. The molecule has 1 N–H and O–H groups in total. The molecule has 0 saturated carbocycles. The van der Waals surface area contributed by atoms with Crippen LogP contribution in [-0.2, 0) is 11.3 Å². The Labute approximate surface area is 121 Å². The Balaban J connectivity index is 1.63. The first kappa shape index (κ1) is 12.8. The minimum absolute atomic E-state index is 0.418. The van der Waals surface area contributed by atoms with Crippen LogP contribution in [0.15, 0.2) is 54.2 Å². The van der Waals surface area contributed by atoms with E-state index in [9.17, 15) is 4.79 Å². The van der Waals surface area contributed by atoms with Gasteiger partial charge in [0.2, 0.25) is 0 Å². The number of halogens is 1. The van der Waals surface area contributed by atoms with E-state index in [1.165, 1.54) is 5.56 Å². The molecule has 0 saturated heterocycles. The summed E-state index contributed by atoms with van der Waals surface area (Å²) >= 11 is 5.84. The van der Waals surface area contributed by atoms with Crippen molar-refractivity contribution >= 4 is 23.6 Å². The summed E-state index contributed by atoms with van der Waals surface area (Å²) in [6, 6.07) is 14.7. The maximum atomic E-state index is 11.9. The fraction of sp³-hybridized carbons (Fsp3) is 0.0625. The lowest BCUT2D eigenvalue weighted by Crippen LogP contribution is -2.19. The molecule has 0 unspecified atom stereocenters. The number of hydrogen-bond acceptors (Lipinski definition) is 3. The number of hydroxylamine groups is 1. The zero-order chi connectivity index (χ0) is 13.9. The van der Waals surface area contributed by atoms with Crippen LogP contribution < -0.4 is 5.48 Å². The van der Waals surface area contributed by atoms with E-state index < -0.39 is 5.97 Å². The molecule has 0 aromatic heterocycles. The first-order valence-corrected chi connectivity index (χ1v) is 6.61. The highest BCUT2D eigenvalue weighted by atomic mass is 35.5. The lowest BCUT2D eigenvalue weighted by molar-refractivity contribution is 0.0323. The van der Waals surface area contributed by atoms with Crippen LogP contribution in [0.25, 0.3) is 6.08 Å². The van der Waals surface area contributed by atoms with Gasteiger partial charge in [-0.3, -0.25) is 0 Å². The smallest absolute Gasteiger partial charge is 0.338 e. The van der Waals surface area contributed by atoms with E-state index >= 15 is 0 Å². The number of hydrogen-bond donors (Lipinski definition) is 1. The van der Waals surface area contributed by atoms with E-state index in [-0.39, 0.29) is 0 Å². The van der Waals surface area contributed by atoms with E-state index in [1.807, 2.05) is 24.3 Å². The van der Waals surface area contributed by atoms with Crippen LogP contribution in [0.2, 0.25) is 5.02 Å². The minimum atomic E-state index is -0.454. The van der Waals surface area contributed by atoms with E-state index in [0.29, 0.717) is 10.6 Å². The second-order valence-electron chi connectivity index (χ2n) is 4.55. The number of benzene rings is 2. The molecule has 0 bridgehead atoms. The van der Waals surface area contributed by atoms with Crippen LogP contribution >= 0.6 is 11.6 Å². The zero-order valence-electron chi connectivity index (χ0n) is 10.6. The first-order valence-electron chi connectivity index (χ1n) is 6.23. The molecule has 1 aliphatic carbocycles. The van der Waals surface area contributed by atoms with E-state index in [2.05, 4.69) is 11.5 Å². The molecule has 0 spiro atoms. The summed E-state index contributed by atoms with van der Waals surface area (Å²) in [5.41, 5.74) is 6.36. The highest BCUT2D eigenvalue weighted by Gasteiger charge is 2.14. The van der Waals surface area contributed by atoms with Crippen LogP contribution in [0.1, 0.15) is 21.5 Å². The molecule has 0 aliphatic heterocycles. The number of rotatable bonds is 3. The molecule has 2 aromatic rings. The third-order valence-corrected chi connectivity index (χ3v) is 3.34. The summed E-state index contributed by atoms with van der Waals surface area (Å²) in [5, 5.41) is 0.506. The van der Waals surface area contributed by atoms with Crippen molar-refractivity contribution in [2.45, 2.75) is 6.42 Å². The highest BCUT2D eigenvalue weighted by molar-refractivity contribution is 6.30. The molecule has 100 valence electrons. The van der Waals surface area contributed by atoms with Crippen LogP contribution in [0.3, 0.4) is 0 Å². The molecule has 2 aromatic carbocycles. The predicted molar refractivity (Wildman–Crippen MR) is 78.1 cm³/mol. The fourth-order valence-electron chi connectivity index (χ4n) is 2.13. The normalized spacial score (nSPS) is 12.6. The number of fused-ring (bicyclic) bond motifs is 1. The van der Waals surface area contributed by atoms with Gasteiger partial charge in [0.25, 0.3) is 0 Å². The molecule has 1 aliphatic rings. The summed E-state index contributed by atoms with van der Waals surface area (Å²) in [7, 11) is 0. The molecule has 20 heavy (non-hydrogen) atoms. The summed E-state index contributed by atoms with van der Waals surface area (Å²) in [4.78, 5) is 16.9. The monoisotopic (exact) mass is 285 g/mol. The van der Waals surface area contributed by atoms with Gasteiger partial charge in [0, 0.05) is 11.4 Å². The predicted octanol–water partition coefficient (Wildman–Crippen LogP) is 3.60. The van der Waals surface area contributed by atoms with Crippen LogP contribution in [0.5, 0.6) is 0 Å². The number of carbonyl (C=O) groups excluding carboxylic acids is 1. The van der Waals surface area contributed by atoms with Crippen molar-refractivity contribution < 1.29 is 9.63 Å². The van der Waals surface area contributed by atoms with Gasteiger partial charge >= 0.3 is 5.97 Å². The topological polar surface area (TPSA) is 38.3 Å². The van der Waals surface area contributed by atoms with Gasteiger partial charge in [0.15, 0.2) is 0 Å². The van der Waals surface area contributed by atoms with Crippen molar-refractivity contribution in [1.82, 2.24) is 5.48 Å². The van der Waals surface area contributed by atoms with Gasteiger partial charge in [0.05, 0.1) is 11.3 Å². The summed E-state index contributed by atoms with van der Waals surface area (Å²) in [5.74, 6) is -0.454. The van der Waals surface area contributed by atoms with Gasteiger partial charge in [-0.05, 0) is 35.4 Å². The second kappa shape index (κ2) is 5.39. The van der Waals surface area contributed by atoms with Gasteiger partial charge in [-0.1, -0.05) is 41.9 Å². The summed E-state index contributed by atoms with van der Waals surface area (Å²) in [6.07, 6.45) is 2.71. The van der Waals surface area contributed by atoms with Gasteiger partial charge in [-0.2, -0.15) is 0 Å². The Kier molecular flexibility index (Phi) is 3.44. The van der Waals surface area contributed by atoms with Crippen molar-refractivity contribution in [2.75, 3.05) is 0 Å². The van der Waals surface area contributed by atoms with Crippen LogP contribution in [0.4, 0.5) is 0 Å². The second-order valence-corrected chi connectivity index (χ2v) is 4.98. The van der Waals surface area contributed by atoms with E-state index in [4.69, 9.17) is 16.4 Å². The average molecular weight is 286 g/mol. The fourth-order valence-corrected chi connectivity index (χ4v) is 2.32. The molecule has 0 radical (unpaired) electrons. The quantitative estimate of drug-likeness (QED) is 0.876. The van der Waals surface area contributed by atoms with Crippen molar-refractivity contribution in [3.63, 3.8) is 0 Å². The third-order valence-electron chi connectivity index (χ3n) is 3.10. The minimum Gasteiger partial charge on any atom is -0.338 e. The lowest BCUT2D eigenvalue weighted by atomic mass is 10.1. The first-order chi connectivity index (χ1) is 9.72. The number of carbonyl (C=O) groups is 1. The van der Waals surface area contributed by atoms with Crippen molar-refractivity contribution in [3.8, 4) is 0 Å². The van der Waals surface area contributed by atoms with Crippen LogP contribution in [0, 0.1) is 0 Å². The van der Waals surface area contributed by atoms with E-state index in [0.717, 1.165) is 17.7 Å². The number of nitrogens with one attached hydrogen (secondary N) is 1. The zero-order valence-corrected chi connectivity index (χ0v) is 11.4. The summed E-state index contributed by atoms with van der Waals surface area (Å²) < 4.78 is 0. The van der Waals surface area contributed by atoms with E-state index in [1.54, 1.807) is 24.3 Å².